The maximum atomic E-state index is 14.0. The lowest BCUT2D eigenvalue weighted by Gasteiger charge is -2.35. The molecule has 1 aromatic rings. The molecule has 1 aliphatic rings. The quantitative estimate of drug-likeness (QED) is 0.594. The minimum atomic E-state index is -0.909. The van der Waals surface area contributed by atoms with E-state index in [2.05, 4.69) is 5.32 Å². The molecule has 1 saturated carbocycles. The molecule has 24 heavy (non-hydrogen) atoms. The summed E-state index contributed by atoms with van der Waals surface area (Å²) in [5.41, 5.74) is -0.495. The van der Waals surface area contributed by atoms with Crippen LogP contribution >= 0.6 is 11.8 Å². The van der Waals surface area contributed by atoms with Crippen LogP contribution in [0.15, 0.2) is 23.1 Å². The zero-order valence-corrected chi connectivity index (χ0v) is 14.0. The van der Waals surface area contributed by atoms with E-state index in [0.29, 0.717) is 17.7 Å². The molecule has 7 heteroatoms. The maximum Gasteiger partial charge on any atom is 0.303 e. The Bertz CT molecular complexity index is 666. The number of carboxylic acids is 1. The molecule has 1 fully saturated rings. The van der Waals surface area contributed by atoms with Crippen molar-refractivity contribution in [2.75, 3.05) is 5.32 Å². The van der Waals surface area contributed by atoms with Crippen molar-refractivity contribution >= 4 is 29.3 Å². The average molecular weight is 350 g/mol. The van der Waals surface area contributed by atoms with Crippen molar-refractivity contribution in [2.24, 2.45) is 5.41 Å². The number of aliphatic carboxylic acids is 1. The summed E-state index contributed by atoms with van der Waals surface area (Å²) < 4.78 is 14.0. The third-order valence-electron chi connectivity index (χ3n) is 4.35. The van der Waals surface area contributed by atoms with E-state index in [-0.39, 0.29) is 24.4 Å². The third kappa shape index (κ3) is 4.96. The highest BCUT2D eigenvalue weighted by molar-refractivity contribution is 8.03. The van der Waals surface area contributed by atoms with Crippen LogP contribution in [0.25, 0.3) is 0 Å². The molecule has 128 valence electrons. The van der Waals surface area contributed by atoms with Gasteiger partial charge in [0.1, 0.15) is 11.2 Å². The Morgan fingerprint density at radius 1 is 1.29 bits per heavy atom. The summed E-state index contributed by atoms with van der Waals surface area (Å²) in [5, 5.41) is 22.1. The van der Waals surface area contributed by atoms with Crippen molar-refractivity contribution < 1.29 is 19.1 Å². The molecule has 0 spiro atoms. The molecule has 0 unspecified atom stereocenters. The van der Waals surface area contributed by atoms with Gasteiger partial charge in [-0.05, 0) is 48.2 Å². The van der Waals surface area contributed by atoms with Crippen LogP contribution in [-0.2, 0) is 9.59 Å². The number of rotatable bonds is 6. The van der Waals surface area contributed by atoms with Crippen molar-refractivity contribution in [3.05, 3.63) is 24.0 Å². The molecule has 0 heterocycles. The van der Waals surface area contributed by atoms with Crippen LogP contribution in [0, 0.1) is 21.9 Å². The lowest BCUT2D eigenvalue weighted by atomic mass is 9.69. The van der Waals surface area contributed by atoms with Gasteiger partial charge in [0.05, 0.1) is 12.1 Å². The summed E-state index contributed by atoms with van der Waals surface area (Å²) in [4.78, 5) is 23.9. The first-order valence-corrected chi connectivity index (χ1v) is 8.63. The Labute approximate surface area is 144 Å². The van der Waals surface area contributed by atoms with Crippen LogP contribution in [-0.4, -0.2) is 17.0 Å². The standard InChI is InChI=1S/C17H19FN2O3S/c18-13-8-12(24-11-19)4-5-14(13)20-15(21)9-17(10-16(22)23)6-2-1-3-7-17/h4-5,8H,1-3,6-7,9-10H2,(H,20,21)(H,22,23). The average Bonchev–Trinajstić information content (AvgIpc) is 2.50. The summed E-state index contributed by atoms with van der Waals surface area (Å²) in [7, 11) is 0. The van der Waals surface area contributed by atoms with Crippen LogP contribution < -0.4 is 5.32 Å². The van der Waals surface area contributed by atoms with Crippen LogP contribution in [0.4, 0.5) is 10.1 Å². The number of nitrogens with zero attached hydrogens (tertiary/aromatic N) is 1. The Hall–Kier alpha value is -2.07. The maximum absolute atomic E-state index is 14.0. The number of thiocyanates is 1. The molecule has 1 aromatic carbocycles. The van der Waals surface area contributed by atoms with Crippen LogP contribution in [0.5, 0.6) is 0 Å². The van der Waals surface area contributed by atoms with Crippen molar-refractivity contribution in [1.29, 1.82) is 5.26 Å². The minimum Gasteiger partial charge on any atom is -0.481 e. The highest BCUT2D eigenvalue weighted by Gasteiger charge is 2.36. The molecule has 0 aromatic heterocycles. The third-order valence-corrected chi connectivity index (χ3v) is 4.94. The van der Waals surface area contributed by atoms with Gasteiger partial charge in [0, 0.05) is 11.3 Å². The normalized spacial score (nSPS) is 16.2. The number of carbonyl (C=O) groups is 2. The van der Waals surface area contributed by atoms with Crippen molar-refractivity contribution in [3.63, 3.8) is 0 Å². The second-order valence-corrected chi connectivity index (χ2v) is 7.05. The number of carboxylic acid groups (broad SMARTS) is 1. The Kier molecular flexibility index (Phi) is 6.21. The van der Waals surface area contributed by atoms with E-state index in [1.54, 1.807) is 6.07 Å². The van der Waals surface area contributed by atoms with Gasteiger partial charge in [0.15, 0.2) is 0 Å². The highest BCUT2D eigenvalue weighted by Crippen LogP contribution is 2.42. The Morgan fingerprint density at radius 2 is 2.00 bits per heavy atom. The zero-order valence-electron chi connectivity index (χ0n) is 13.2. The number of carbonyl (C=O) groups excluding carboxylic acids is 1. The van der Waals surface area contributed by atoms with Crippen LogP contribution in [0.2, 0.25) is 0 Å². The fraction of sp³-hybridized carbons (Fsp3) is 0.471. The van der Waals surface area contributed by atoms with Gasteiger partial charge in [-0.15, -0.1) is 0 Å². The highest BCUT2D eigenvalue weighted by atomic mass is 32.2. The molecule has 0 bridgehead atoms. The number of anilines is 1. The van der Waals surface area contributed by atoms with Crippen LogP contribution in [0.3, 0.4) is 0 Å². The van der Waals surface area contributed by atoms with Gasteiger partial charge in [-0.25, -0.2) is 4.39 Å². The van der Waals surface area contributed by atoms with Gasteiger partial charge in [0.25, 0.3) is 0 Å². The molecule has 0 radical (unpaired) electrons. The fourth-order valence-electron chi connectivity index (χ4n) is 3.29. The minimum absolute atomic E-state index is 0.0410. The van der Waals surface area contributed by atoms with E-state index < -0.39 is 17.2 Å². The fourth-order valence-corrected chi connectivity index (χ4v) is 3.69. The summed E-state index contributed by atoms with van der Waals surface area (Å²) >= 11 is 0.839. The molecule has 0 atom stereocenters. The number of amides is 1. The predicted octanol–water partition coefficient (Wildman–Crippen LogP) is 4.15. The lowest BCUT2D eigenvalue weighted by Crippen LogP contribution is -2.32. The molecular weight excluding hydrogens is 331 g/mol. The Morgan fingerprint density at radius 3 is 2.58 bits per heavy atom. The van der Waals surface area contributed by atoms with E-state index in [0.717, 1.165) is 31.0 Å². The van der Waals surface area contributed by atoms with E-state index >= 15 is 0 Å². The smallest absolute Gasteiger partial charge is 0.303 e. The van der Waals surface area contributed by atoms with Gasteiger partial charge < -0.3 is 10.4 Å². The molecule has 0 saturated heterocycles. The van der Waals surface area contributed by atoms with Gasteiger partial charge in [-0.2, -0.15) is 5.26 Å². The zero-order chi connectivity index (χ0) is 17.6. The van der Waals surface area contributed by atoms with Gasteiger partial charge >= 0.3 is 5.97 Å². The van der Waals surface area contributed by atoms with Crippen molar-refractivity contribution in [3.8, 4) is 5.40 Å². The molecule has 2 rings (SSSR count). The van der Waals surface area contributed by atoms with Gasteiger partial charge in [-0.1, -0.05) is 19.3 Å². The van der Waals surface area contributed by atoms with E-state index in [1.165, 1.54) is 12.1 Å². The van der Waals surface area contributed by atoms with Crippen molar-refractivity contribution in [2.45, 2.75) is 49.8 Å². The SMILES string of the molecule is N#CSc1ccc(NC(=O)CC2(CC(=O)O)CCCCC2)c(F)c1. The van der Waals surface area contributed by atoms with E-state index in [1.807, 2.05) is 5.40 Å². The second kappa shape index (κ2) is 8.15. The molecule has 2 N–H and O–H groups in total. The lowest BCUT2D eigenvalue weighted by molar-refractivity contribution is -0.140. The summed E-state index contributed by atoms with van der Waals surface area (Å²) in [6.45, 7) is 0. The largest absolute Gasteiger partial charge is 0.481 e. The number of hydrogen-bond donors (Lipinski definition) is 2. The predicted molar refractivity (Wildman–Crippen MR) is 88.9 cm³/mol. The molecule has 1 aliphatic carbocycles. The van der Waals surface area contributed by atoms with Gasteiger partial charge in [0.2, 0.25) is 5.91 Å². The molecule has 5 nitrogen and oxygen atoms in total. The van der Waals surface area contributed by atoms with Crippen LogP contribution in [0.1, 0.15) is 44.9 Å². The molecule has 0 aliphatic heterocycles. The molecular formula is C17H19FN2O3S. The first-order valence-electron chi connectivity index (χ1n) is 7.81. The number of halogens is 1. The second-order valence-electron chi connectivity index (χ2n) is 6.19. The van der Waals surface area contributed by atoms with E-state index in [9.17, 15) is 14.0 Å². The van der Waals surface area contributed by atoms with E-state index in [4.69, 9.17) is 10.4 Å². The number of thioether (sulfide) groups is 1. The number of nitriles is 1. The monoisotopic (exact) mass is 350 g/mol. The number of nitrogens with one attached hydrogen (secondary N) is 1. The topological polar surface area (TPSA) is 90.2 Å². The first-order chi connectivity index (χ1) is 11.4. The first kappa shape index (κ1) is 18.3. The van der Waals surface area contributed by atoms with Gasteiger partial charge in [-0.3, -0.25) is 9.59 Å². The number of hydrogen-bond acceptors (Lipinski definition) is 4. The number of benzene rings is 1. The molecule has 1 amide bonds. The summed E-state index contributed by atoms with van der Waals surface area (Å²) in [6.07, 6.45) is 4.31. The Balaban J connectivity index is 2.05. The van der Waals surface area contributed by atoms with Crippen molar-refractivity contribution in [1.82, 2.24) is 0 Å². The summed E-state index contributed by atoms with van der Waals surface area (Å²) in [6, 6.07) is 4.16. The summed E-state index contributed by atoms with van der Waals surface area (Å²) in [5.74, 6) is -1.90.